The van der Waals surface area contributed by atoms with Crippen molar-refractivity contribution in [3.8, 4) is 0 Å². The Balaban J connectivity index is 2.33. The second-order valence-corrected chi connectivity index (χ2v) is 7.16. The Morgan fingerprint density at radius 2 is 1.90 bits per heavy atom. The van der Waals surface area contributed by atoms with Gasteiger partial charge in [0, 0.05) is 11.7 Å². The van der Waals surface area contributed by atoms with E-state index in [0.717, 1.165) is 12.8 Å². The molecular formula is C14H22N2O3S. The third kappa shape index (κ3) is 2.97. The number of sulfonamides is 1. The van der Waals surface area contributed by atoms with Gasteiger partial charge in [-0.05, 0) is 43.9 Å². The maximum atomic E-state index is 12.6. The summed E-state index contributed by atoms with van der Waals surface area (Å²) in [4.78, 5) is 0.232. The smallest absolute Gasteiger partial charge is 0.241 e. The molecule has 0 spiro atoms. The molecule has 1 aromatic rings. The fourth-order valence-corrected chi connectivity index (χ4v) is 4.57. The Morgan fingerprint density at radius 1 is 1.25 bits per heavy atom. The van der Waals surface area contributed by atoms with E-state index in [1.165, 1.54) is 0 Å². The topological polar surface area (TPSA) is 92.4 Å². The minimum absolute atomic E-state index is 0.232. The van der Waals surface area contributed by atoms with Crippen LogP contribution in [0.2, 0.25) is 0 Å². The van der Waals surface area contributed by atoms with Gasteiger partial charge in [-0.1, -0.05) is 18.9 Å². The first-order valence-electron chi connectivity index (χ1n) is 6.89. The predicted octanol–water partition coefficient (Wildman–Crippen LogP) is 1.47. The average Bonchev–Trinajstić information content (AvgIpc) is 2.37. The van der Waals surface area contributed by atoms with Gasteiger partial charge >= 0.3 is 0 Å². The van der Waals surface area contributed by atoms with Crippen molar-refractivity contribution in [2.75, 3.05) is 5.73 Å². The molecule has 1 fully saturated rings. The lowest BCUT2D eigenvalue weighted by molar-refractivity contribution is 0.101. The second-order valence-electron chi connectivity index (χ2n) is 5.51. The van der Waals surface area contributed by atoms with Gasteiger partial charge in [-0.25, -0.2) is 13.1 Å². The summed E-state index contributed by atoms with van der Waals surface area (Å²) in [6, 6.07) is 3.00. The number of aryl methyl sites for hydroxylation is 1. The summed E-state index contributed by atoms with van der Waals surface area (Å²) in [6.07, 6.45) is 2.57. The van der Waals surface area contributed by atoms with Gasteiger partial charge in [0.2, 0.25) is 10.0 Å². The molecule has 0 saturated heterocycles. The van der Waals surface area contributed by atoms with Crippen molar-refractivity contribution in [1.82, 2.24) is 4.72 Å². The van der Waals surface area contributed by atoms with Gasteiger partial charge in [-0.15, -0.1) is 0 Å². The maximum Gasteiger partial charge on any atom is 0.241 e. The number of nitrogens with one attached hydrogen (secondary N) is 1. The number of hydrogen-bond donors (Lipinski definition) is 3. The van der Waals surface area contributed by atoms with E-state index in [0.29, 0.717) is 29.7 Å². The Kier molecular flexibility index (Phi) is 4.36. The molecule has 1 saturated carbocycles. The van der Waals surface area contributed by atoms with Gasteiger partial charge in [0.05, 0.1) is 11.0 Å². The zero-order valence-corrected chi connectivity index (χ0v) is 12.7. The third-order valence-corrected chi connectivity index (χ3v) is 5.73. The Labute approximate surface area is 120 Å². The number of aliphatic hydroxyl groups is 1. The van der Waals surface area contributed by atoms with Crippen LogP contribution in [0, 0.1) is 13.8 Å². The van der Waals surface area contributed by atoms with Gasteiger partial charge in [-0.2, -0.15) is 0 Å². The molecule has 0 unspecified atom stereocenters. The van der Waals surface area contributed by atoms with E-state index in [1.807, 2.05) is 0 Å². The molecule has 112 valence electrons. The van der Waals surface area contributed by atoms with Crippen LogP contribution in [-0.2, 0) is 10.0 Å². The summed E-state index contributed by atoms with van der Waals surface area (Å²) in [5.74, 6) is 0. The van der Waals surface area contributed by atoms with E-state index in [9.17, 15) is 13.5 Å². The number of aliphatic hydroxyl groups excluding tert-OH is 1. The molecule has 1 aliphatic rings. The van der Waals surface area contributed by atoms with E-state index in [-0.39, 0.29) is 4.90 Å². The predicted molar refractivity (Wildman–Crippen MR) is 78.9 cm³/mol. The first kappa shape index (κ1) is 15.3. The zero-order chi connectivity index (χ0) is 14.9. The summed E-state index contributed by atoms with van der Waals surface area (Å²) in [7, 11) is -3.67. The zero-order valence-electron chi connectivity index (χ0n) is 11.9. The molecular weight excluding hydrogens is 276 g/mol. The number of nitrogen functional groups attached to an aromatic ring is 1. The Morgan fingerprint density at radius 3 is 2.55 bits per heavy atom. The Bertz CT molecular complexity index is 599. The van der Waals surface area contributed by atoms with Crippen LogP contribution < -0.4 is 10.5 Å². The molecule has 4 N–H and O–H groups in total. The quantitative estimate of drug-likeness (QED) is 0.737. The highest BCUT2D eigenvalue weighted by molar-refractivity contribution is 7.89. The van der Waals surface area contributed by atoms with Gasteiger partial charge in [-0.3, -0.25) is 0 Å². The molecule has 2 rings (SSSR count). The fraction of sp³-hybridized carbons (Fsp3) is 0.571. The summed E-state index contributed by atoms with van der Waals surface area (Å²) in [5, 5.41) is 9.92. The van der Waals surface area contributed by atoms with Crippen LogP contribution in [0.3, 0.4) is 0 Å². The number of hydrogen-bond acceptors (Lipinski definition) is 4. The van der Waals surface area contributed by atoms with Crippen molar-refractivity contribution < 1.29 is 13.5 Å². The van der Waals surface area contributed by atoms with Crippen molar-refractivity contribution in [2.24, 2.45) is 0 Å². The molecule has 0 aliphatic heterocycles. The monoisotopic (exact) mass is 298 g/mol. The number of anilines is 1. The van der Waals surface area contributed by atoms with Gasteiger partial charge < -0.3 is 10.8 Å². The normalized spacial score (nSPS) is 23.8. The van der Waals surface area contributed by atoms with E-state index in [2.05, 4.69) is 4.72 Å². The molecule has 20 heavy (non-hydrogen) atoms. The van der Waals surface area contributed by atoms with Crippen LogP contribution in [0.4, 0.5) is 5.69 Å². The lowest BCUT2D eigenvalue weighted by atomic mass is 9.93. The van der Waals surface area contributed by atoms with E-state index in [4.69, 9.17) is 5.73 Å². The van der Waals surface area contributed by atoms with Crippen molar-refractivity contribution >= 4 is 15.7 Å². The van der Waals surface area contributed by atoms with Crippen LogP contribution in [0.5, 0.6) is 0 Å². The summed E-state index contributed by atoms with van der Waals surface area (Å²) < 4.78 is 27.8. The van der Waals surface area contributed by atoms with Gasteiger partial charge in [0.25, 0.3) is 0 Å². The summed E-state index contributed by atoms with van der Waals surface area (Å²) in [5.41, 5.74) is 7.48. The van der Waals surface area contributed by atoms with Crippen molar-refractivity contribution in [2.45, 2.75) is 56.6 Å². The molecule has 0 aromatic heterocycles. The highest BCUT2D eigenvalue weighted by Crippen LogP contribution is 2.26. The van der Waals surface area contributed by atoms with Crippen LogP contribution in [0.25, 0.3) is 0 Å². The SMILES string of the molecule is Cc1ccc(N)c(C)c1S(=O)(=O)N[C@@H]1CCCC[C@H]1O. The molecule has 0 bridgehead atoms. The minimum Gasteiger partial charge on any atom is -0.398 e. The van der Waals surface area contributed by atoms with Crippen LogP contribution >= 0.6 is 0 Å². The van der Waals surface area contributed by atoms with Gasteiger partial charge in [0.15, 0.2) is 0 Å². The molecule has 5 nitrogen and oxygen atoms in total. The lowest BCUT2D eigenvalue weighted by Gasteiger charge is -2.28. The van der Waals surface area contributed by atoms with E-state index in [1.54, 1.807) is 26.0 Å². The second kappa shape index (κ2) is 5.71. The number of benzene rings is 1. The van der Waals surface area contributed by atoms with Crippen LogP contribution in [-0.4, -0.2) is 25.7 Å². The highest BCUT2D eigenvalue weighted by Gasteiger charge is 2.29. The first-order valence-corrected chi connectivity index (χ1v) is 8.37. The standard InChI is InChI=1S/C14H22N2O3S/c1-9-7-8-11(15)10(2)14(9)20(18,19)16-12-5-3-4-6-13(12)17/h7-8,12-13,16-17H,3-6,15H2,1-2H3/t12-,13-/m1/s1. The number of rotatable bonds is 3. The fourth-order valence-electron chi connectivity index (χ4n) is 2.76. The molecule has 2 atom stereocenters. The summed E-state index contributed by atoms with van der Waals surface area (Å²) in [6.45, 7) is 3.45. The van der Waals surface area contributed by atoms with E-state index < -0.39 is 22.2 Å². The minimum atomic E-state index is -3.67. The highest BCUT2D eigenvalue weighted by atomic mass is 32.2. The number of nitrogens with two attached hydrogens (primary N) is 1. The van der Waals surface area contributed by atoms with Crippen molar-refractivity contribution in [1.29, 1.82) is 0 Å². The summed E-state index contributed by atoms with van der Waals surface area (Å²) >= 11 is 0. The Hall–Kier alpha value is -1.11. The molecule has 6 heteroatoms. The molecule has 1 aliphatic carbocycles. The molecule has 0 amide bonds. The maximum absolute atomic E-state index is 12.6. The van der Waals surface area contributed by atoms with Crippen LogP contribution in [0.1, 0.15) is 36.8 Å². The first-order chi connectivity index (χ1) is 9.33. The largest absolute Gasteiger partial charge is 0.398 e. The van der Waals surface area contributed by atoms with Crippen molar-refractivity contribution in [3.05, 3.63) is 23.3 Å². The molecule has 1 aromatic carbocycles. The van der Waals surface area contributed by atoms with Crippen molar-refractivity contribution in [3.63, 3.8) is 0 Å². The van der Waals surface area contributed by atoms with E-state index >= 15 is 0 Å². The average molecular weight is 298 g/mol. The lowest BCUT2D eigenvalue weighted by Crippen LogP contribution is -2.45. The molecule has 0 heterocycles. The van der Waals surface area contributed by atoms with Crippen LogP contribution in [0.15, 0.2) is 17.0 Å². The third-order valence-electron chi connectivity index (χ3n) is 3.95. The van der Waals surface area contributed by atoms with Gasteiger partial charge in [0.1, 0.15) is 0 Å². The molecule has 0 radical (unpaired) electrons.